The van der Waals surface area contributed by atoms with Crippen molar-refractivity contribution < 1.29 is 14.3 Å². The van der Waals surface area contributed by atoms with Gasteiger partial charge in [-0.3, -0.25) is 4.79 Å². The van der Waals surface area contributed by atoms with Gasteiger partial charge >= 0.3 is 0 Å². The zero-order valence-electron chi connectivity index (χ0n) is 22.5. The molecule has 2 aliphatic heterocycles. The smallest absolute Gasteiger partial charge is 0.282 e. The highest BCUT2D eigenvalue weighted by atomic mass is 32.2. The van der Waals surface area contributed by atoms with Gasteiger partial charge in [0.05, 0.1) is 23.6 Å². The van der Waals surface area contributed by atoms with Crippen LogP contribution in [0.5, 0.6) is 17.2 Å². The molecule has 0 aliphatic carbocycles. The predicted octanol–water partition coefficient (Wildman–Crippen LogP) is 7.45. The molecule has 1 amide bonds. The molecule has 3 heterocycles. The normalized spacial score (nSPS) is 21.2. The third kappa shape index (κ3) is 5.07. The number of carbonyl (C=O) groups is 1. The molecule has 1 aromatic heterocycles. The first kappa shape index (κ1) is 26.4. The van der Waals surface area contributed by atoms with Gasteiger partial charge in [0, 0.05) is 23.5 Å². The molecule has 3 aromatic carbocycles. The summed E-state index contributed by atoms with van der Waals surface area (Å²) in [6.45, 7) is 5.36. The number of ether oxygens (including phenoxy) is 2. The van der Waals surface area contributed by atoms with Crippen molar-refractivity contribution in [1.29, 1.82) is 0 Å². The molecule has 0 saturated carbocycles. The highest BCUT2D eigenvalue weighted by Gasteiger charge is 2.46. The summed E-state index contributed by atoms with van der Waals surface area (Å²) in [7, 11) is 1.67. The van der Waals surface area contributed by atoms with Crippen molar-refractivity contribution in [2.24, 2.45) is 17.6 Å². The van der Waals surface area contributed by atoms with Gasteiger partial charge in [0.1, 0.15) is 17.2 Å². The fourth-order valence-electron chi connectivity index (χ4n) is 5.99. The van der Waals surface area contributed by atoms with Crippen LogP contribution in [0.3, 0.4) is 0 Å². The Bertz CT molecular complexity index is 1530. The molecule has 2 aliphatic rings. The first-order valence-corrected chi connectivity index (χ1v) is 14.6. The first-order valence-electron chi connectivity index (χ1n) is 13.7. The molecular weight excluding hydrogens is 518 g/mol. The number of rotatable bonds is 8. The standard InChI is InChI=1S/C33H33N3O3S/c1-3-21(20-34)23-15-16-36-31(17-23)32(40-33(36)37)28-19-30(35-29-14-13-26(38-2)18-27(28)29)22-9-11-25(12-10-22)39-24-7-5-4-6-8-24/h3-14,18-19,21,23,31-32H,1,15-17,20,34H2,2H3/t21?,23?,31?,32-/m0/s1. The Balaban J connectivity index is 1.38. The maximum absolute atomic E-state index is 13.2. The number of carbonyl (C=O) groups excluding carboxylic acids is 1. The number of fused-ring (bicyclic) bond motifs is 2. The molecule has 6 rings (SSSR count). The average molecular weight is 552 g/mol. The summed E-state index contributed by atoms with van der Waals surface area (Å²) in [4.78, 5) is 20.3. The van der Waals surface area contributed by atoms with Crippen molar-refractivity contribution in [3.8, 4) is 28.5 Å². The fourth-order valence-corrected chi connectivity index (χ4v) is 7.31. The Kier molecular flexibility index (Phi) is 7.50. The summed E-state index contributed by atoms with van der Waals surface area (Å²) in [6, 6.07) is 26.0. The van der Waals surface area contributed by atoms with Crippen LogP contribution in [0.25, 0.3) is 22.2 Å². The molecular formula is C33H33N3O3S. The van der Waals surface area contributed by atoms with Gasteiger partial charge in [-0.25, -0.2) is 4.98 Å². The summed E-state index contributed by atoms with van der Waals surface area (Å²) < 4.78 is 11.6. The van der Waals surface area contributed by atoms with Crippen molar-refractivity contribution >= 4 is 27.9 Å². The van der Waals surface area contributed by atoms with Crippen molar-refractivity contribution in [2.75, 3.05) is 20.2 Å². The number of para-hydroxylation sites is 1. The number of nitrogens with zero attached hydrogens (tertiary/aromatic N) is 2. The van der Waals surface area contributed by atoms with E-state index in [1.54, 1.807) is 7.11 Å². The maximum Gasteiger partial charge on any atom is 0.282 e. The molecule has 204 valence electrons. The SMILES string of the molecule is C=CC(CN)C1CCN2C(=O)S[C@@H](c3cc(-c4ccc(Oc5ccccc5)cc4)nc4ccc(OC)cc34)C2C1. The van der Waals surface area contributed by atoms with E-state index in [9.17, 15) is 4.79 Å². The quantitative estimate of drug-likeness (QED) is 0.229. The van der Waals surface area contributed by atoms with E-state index in [0.29, 0.717) is 12.5 Å². The van der Waals surface area contributed by atoms with E-state index >= 15 is 0 Å². The third-order valence-corrected chi connectivity index (χ3v) is 9.42. The van der Waals surface area contributed by atoms with Crippen LogP contribution < -0.4 is 15.2 Å². The molecule has 0 radical (unpaired) electrons. The van der Waals surface area contributed by atoms with Gasteiger partial charge in [-0.2, -0.15) is 0 Å². The second kappa shape index (κ2) is 11.4. The summed E-state index contributed by atoms with van der Waals surface area (Å²) in [6.07, 6.45) is 3.85. The Morgan fingerprint density at radius 2 is 1.82 bits per heavy atom. The van der Waals surface area contributed by atoms with Crippen molar-refractivity contribution in [3.05, 3.63) is 97.1 Å². The Labute approximate surface area is 239 Å². The number of thioether (sulfide) groups is 1. The van der Waals surface area contributed by atoms with Gasteiger partial charge < -0.3 is 20.1 Å². The van der Waals surface area contributed by atoms with Crippen LogP contribution in [-0.4, -0.2) is 41.4 Å². The number of nitrogens with two attached hydrogens (primary N) is 1. The second-order valence-corrected chi connectivity index (χ2v) is 11.5. The van der Waals surface area contributed by atoms with E-state index < -0.39 is 0 Å². The Morgan fingerprint density at radius 1 is 1.07 bits per heavy atom. The molecule has 3 unspecified atom stereocenters. The Morgan fingerprint density at radius 3 is 2.55 bits per heavy atom. The lowest BCUT2D eigenvalue weighted by Gasteiger charge is -2.39. The van der Waals surface area contributed by atoms with Gasteiger partial charge in [0.25, 0.3) is 5.24 Å². The molecule has 0 spiro atoms. The van der Waals surface area contributed by atoms with E-state index in [0.717, 1.165) is 64.4 Å². The fraction of sp³-hybridized carbons (Fsp3) is 0.273. The van der Waals surface area contributed by atoms with E-state index in [2.05, 4.69) is 17.5 Å². The summed E-state index contributed by atoms with van der Waals surface area (Å²) >= 11 is 1.43. The molecule has 40 heavy (non-hydrogen) atoms. The molecule has 0 bridgehead atoms. The average Bonchev–Trinajstić information content (AvgIpc) is 3.33. The highest BCUT2D eigenvalue weighted by molar-refractivity contribution is 8.14. The molecule has 2 fully saturated rings. The molecule has 2 saturated heterocycles. The van der Waals surface area contributed by atoms with Crippen LogP contribution in [-0.2, 0) is 0 Å². The molecule has 6 nitrogen and oxygen atoms in total. The van der Waals surface area contributed by atoms with Gasteiger partial charge in [0.15, 0.2) is 0 Å². The molecule has 4 atom stereocenters. The van der Waals surface area contributed by atoms with E-state index in [1.165, 1.54) is 11.8 Å². The van der Waals surface area contributed by atoms with Crippen molar-refractivity contribution in [3.63, 3.8) is 0 Å². The van der Waals surface area contributed by atoms with Crippen LogP contribution in [0.4, 0.5) is 4.79 Å². The number of aromatic nitrogens is 1. The molecule has 2 N–H and O–H groups in total. The van der Waals surface area contributed by atoms with Crippen molar-refractivity contribution in [1.82, 2.24) is 9.88 Å². The van der Waals surface area contributed by atoms with Gasteiger partial charge in [-0.05, 0) is 97.4 Å². The minimum Gasteiger partial charge on any atom is -0.497 e. The minimum absolute atomic E-state index is 0.0180. The monoisotopic (exact) mass is 551 g/mol. The Hall–Kier alpha value is -3.81. The van der Waals surface area contributed by atoms with Crippen LogP contribution in [0.15, 0.2) is 91.5 Å². The zero-order valence-corrected chi connectivity index (χ0v) is 23.3. The summed E-state index contributed by atoms with van der Waals surface area (Å²) in [5, 5.41) is 1.14. The van der Waals surface area contributed by atoms with E-state index in [1.807, 2.05) is 78.9 Å². The van der Waals surface area contributed by atoms with Gasteiger partial charge in [-0.1, -0.05) is 36.0 Å². The first-order chi connectivity index (χ1) is 19.6. The van der Waals surface area contributed by atoms with E-state index in [-0.39, 0.29) is 22.4 Å². The number of methoxy groups -OCH3 is 1. The van der Waals surface area contributed by atoms with Crippen LogP contribution in [0.2, 0.25) is 0 Å². The summed E-state index contributed by atoms with van der Waals surface area (Å²) in [5.41, 5.74) is 9.92. The number of pyridine rings is 1. The number of benzene rings is 3. The van der Waals surface area contributed by atoms with Crippen LogP contribution >= 0.6 is 11.8 Å². The number of hydrogen-bond acceptors (Lipinski definition) is 6. The maximum atomic E-state index is 13.2. The van der Waals surface area contributed by atoms with Crippen LogP contribution in [0.1, 0.15) is 23.7 Å². The lowest BCUT2D eigenvalue weighted by atomic mass is 9.79. The number of piperidine rings is 1. The lowest BCUT2D eigenvalue weighted by molar-refractivity contribution is 0.136. The predicted molar refractivity (Wildman–Crippen MR) is 162 cm³/mol. The molecule has 7 heteroatoms. The lowest BCUT2D eigenvalue weighted by Crippen LogP contribution is -2.44. The third-order valence-electron chi connectivity index (χ3n) is 8.16. The summed E-state index contributed by atoms with van der Waals surface area (Å²) in [5.74, 6) is 3.00. The van der Waals surface area contributed by atoms with Crippen LogP contribution in [0, 0.1) is 11.8 Å². The minimum atomic E-state index is -0.0180. The van der Waals surface area contributed by atoms with Gasteiger partial charge in [0.2, 0.25) is 0 Å². The topological polar surface area (TPSA) is 77.7 Å². The highest BCUT2D eigenvalue weighted by Crippen LogP contribution is 2.51. The number of hydrogen-bond donors (Lipinski definition) is 1. The molecule has 4 aromatic rings. The van der Waals surface area contributed by atoms with Gasteiger partial charge in [-0.15, -0.1) is 6.58 Å². The zero-order chi connectivity index (χ0) is 27.6. The largest absolute Gasteiger partial charge is 0.497 e. The van der Waals surface area contributed by atoms with Crippen molar-refractivity contribution in [2.45, 2.75) is 24.1 Å². The van der Waals surface area contributed by atoms with E-state index in [4.69, 9.17) is 20.2 Å². The second-order valence-electron chi connectivity index (χ2n) is 10.4. The number of amides is 1.